The average Bonchev–Trinajstić information content (AvgIpc) is 2.62. The van der Waals surface area contributed by atoms with Crippen molar-refractivity contribution in [1.82, 2.24) is 10.0 Å². The van der Waals surface area contributed by atoms with Crippen LogP contribution >= 0.6 is 0 Å². The van der Waals surface area contributed by atoms with Gasteiger partial charge in [-0.05, 0) is 54.2 Å². The second kappa shape index (κ2) is 8.84. The second-order valence-electron chi connectivity index (χ2n) is 7.78. The molecule has 0 bridgehead atoms. The summed E-state index contributed by atoms with van der Waals surface area (Å²) in [6, 6.07) is 11.7. The summed E-state index contributed by atoms with van der Waals surface area (Å²) in [6.07, 6.45) is 0.528. The van der Waals surface area contributed by atoms with E-state index in [1.54, 1.807) is 36.4 Å². The van der Waals surface area contributed by atoms with E-state index in [1.165, 1.54) is 19.1 Å². The summed E-state index contributed by atoms with van der Waals surface area (Å²) >= 11 is 0. The highest BCUT2D eigenvalue weighted by Crippen LogP contribution is 2.23. The molecule has 2 aromatic rings. The third kappa shape index (κ3) is 6.14. The number of carbonyl (C=O) groups is 1. The molecular weight excluding hydrogens is 379 g/mol. The zero-order chi connectivity index (χ0) is 20.9. The number of rotatable bonds is 7. The number of amides is 1. The van der Waals surface area contributed by atoms with Gasteiger partial charge in [0.25, 0.3) is 0 Å². The highest BCUT2D eigenvalue weighted by Gasteiger charge is 2.22. The maximum Gasteiger partial charge on any atom is 0.241 e. The topological polar surface area (TPSA) is 75.3 Å². The minimum Gasteiger partial charge on any atom is -0.354 e. The van der Waals surface area contributed by atoms with Crippen LogP contribution in [-0.2, 0) is 26.7 Å². The highest BCUT2D eigenvalue weighted by atomic mass is 32.2. The number of hydrogen-bond donors (Lipinski definition) is 2. The number of benzene rings is 2. The summed E-state index contributed by atoms with van der Waals surface area (Å²) in [5.74, 6) is -0.733. The highest BCUT2D eigenvalue weighted by molar-refractivity contribution is 7.89. The van der Waals surface area contributed by atoms with E-state index >= 15 is 0 Å². The normalized spacial score (nSPS) is 13.2. The van der Waals surface area contributed by atoms with Gasteiger partial charge in [-0.25, -0.2) is 12.8 Å². The van der Waals surface area contributed by atoms with E-state index in [0.717, 1.165) is 11.1 Å². The molecule has 5 nitrogen and oxygen atoms in total. The first-order chi connectivity index (χ1) is 13.0. The van der Waals surface area contributed by atoms with Crippen molar-refractivity contribution in [2.75, 3.05) is 6.54 Å². The predicted octanol–water partition coefficient (Wildman–Crippen LogP) is 3.15. The minimum atomic E-state index is -3.80. The maximum atomic E-state index is 12.9. The van der Waals surface area contributed by atoms with E-state index in [9.17, 15) is 17.6 Å². The lowest BCUT2D eigenvalue weighted by molar-refractivity contribution is -0.122. The zero-order valence-electron chi connectivity index (χ0n) is 16.6. The third-order valence-corrected chi connectivity index (χ3v) is 5.94. The quantitative estimate of drug-likeness (QED) is 0.742. The molecular formula is C21H27FN2O3S. The summed E-state index contributed by atoms with van der Waals surface area (Å²) < 4.78 is 40.3. The van der Waals surface area contributed by atoms with E-state index < -0.39 is 22.0 Å². The fourth-order valence-electron chi connectivity index (χ4n) is 2.62. The first kappa shape index (κ1) is 22.0. The molecule has 1 atom stereocenters. The summed E-state index contributed by atoms with van der Waals surface area (Å²) in [4.78, 5) is 12.3. The smallest absolute Gasteiger partial charge is 0.241 e. The van der Waals surface area contributed by atoms with Crippen molar-refractivity contribution in [3.8, 4) is 0 Å². The summed E-state index contributed by atoms with van der Waals surface area (Å²) in [5, 5.41) is 2.69. The molecule has 0 spiro atoms. The second-order valence-corrected chi connectivity index (χ2v) is 9.50. The molecule has 2 rings (SSSR count). The predicted molar refractivity (Wildman–Crippen MR) is 108 cm³/mol. The standard InChI is InChI=1S/C21H27FN2O3S/c1-15(20(25)23-14-13-16-5-9-18(22)10-6-16)24-28(26,27)19-11-7-17(8-12-19)21(2,3)4/h5-12,15,24H,13-14H2,1-4H3,(H,23,25)/t15-/m0/s1. The molecule has 0 saturated heterocycles. The number of carbonyl (C=O) groups excluding carboxylic acids is 1. The van der Waals surface area contributed by atoms with Gasteiger partial charge in [0.15, 0.2) is 0 Å². The van der Waals surface area contributed by atoms with Crippen LogP contribution in [0.5, 0.6) is 0 Å². The van der Waals surface area contributed by atoms with Gasteiger partial charge in [-0.2, -0.15) is 4.72 Å². The molecule has 2 N–H and O–H groups in total. The molecule has 0 aliphatic carbocycles. The molecule has 28 heavy (non-hydrogen) atoms. The van der Waals surface area contributed by atoms with Gasteiger partial charge in [0.05, 0.1) is 10.9 Å². The molecule has 2 aromatic carbocycles. The molecule has 0 aromatic heterocycles. The van der Waals surface area contributed by atoms with Crippen LogP contribution in [0.4, 0.5) is 4.39 Å². The molecule has 0 unspecified atom stereocenters. The lowest BCUT2D eigenvalue weighted by Gasteiger charge is -2.19. The fraction of sp³-hybridized carbons (Fsp3) is 0.381. The lowest BCUT2D eigenvalue weighted by atomic mass is 9.87. The molecule has 152 valence electrons. The number of nitrogens with one attached hydrogen (secondary N) is 2. The van der Waals surface area contributed by atoms with Gasteiger partial charge >= 0.3 is 0 Å². The minimum absolute atomic E-state index is 0.0760. The van der Waals surface area contributed by atoms with E-state index in [0.29, 0.717) is 13.0 Å². The Morgan fingerprint density at radius 3 is 2.14 bits per heavy atom. The Kier molecular flexibility index (Phi) is 6.96. The first-order valence-electron chi connectivity index (χ1n) is 9.14. The van der Waals surface area contributed by atoms with Crippen molar-refractivity contribution in [1.29, 1.82) is 0 Å². The van der Waals surface area contributed by atoms with Crippen LogP contribution in [0.3, 0.4) is 0 Å². The Bertz CT molecular complexity index is 902. The van der Waals surface area contributed by atoms with Crippen molar-refractivity contribution in [3.05, 3.63) is 65.5 Å². The van der Waals surface area contributed by atoms with Crippen molar-refractivity contribution in [3.63, 3.8) is 0 Å². The fourth-order valence-corrected chi connectivity index (χ4v) is 3.83. The van der Waals surface area contributed by atoms with E-state index in [2.05, 4.69) is 10.0 Å². The van der Waals surface area contributed by atoms with Crippen molar-refractivity contribution < 1.29 is 17.6 Å². The zero-order valence-corrected chi connectivity index (χ0v) is 17.4. The molecule has 7 heteroatoms. The van der Waals surface area contributed by atoms with Crippen LogP contribution in [0.25, 0.3) is 0 Å². The van der Waals surface area contributed by atoms with Gasteiger partial charge in [0, 0.05) is 6.54 Å². The van der Waals surface area contributed by atoms with Crippen LogP contribution < -0.4 is 10.0 Å². The van der Waals surface area contributed by atoms with Gasteiger partial charge in [-0.3, -0.25) is 4.79 Å². The first-order valence-corrected chi connectivity index (χ1v) is 10.6. The van der Waals surface area contributed by atoms with Gasteiger partial charge in [0.2, 0.25) is 15.9 Å². The molecule has 0 aliphatic rings. The van der Waals surface area contributed by atoms with Crippen LogP contribution in [-0.4, -0.2) is 26.9 Å². The third-order valence-electron chi connectivity index (χ3n) is 4.38. The van der Waals surface area contributed by atoms with Gasteiger partial charge in [0.1, 0.15) is 5.82 Å². The summed E-state index contributed by atoms with van der Waals surface area (Å²) in [6.45, 7) is 7.97. The number of halogens is 1. The molecule has 0 aliphatic heterocycles. The van der Waals surface area contributed by atoms with Crippen LogP contribution in [0.15, 0.2) is 53.4 Å². The van der Waals surface area contributed by atoms with Crippen LogP contribution in [0, 0.1) is 5.82 Å². The van der Waals surface area contributed by atoms with E-state index in [4.69, 9.17) is 0 Å². The van der Waals surface area contributed by atoms with E-state index in [-0.39, 0.29) is 16.1 Å². The maximum absolute atomic E-state index is 12.9. The SMILES string of the molecule is C[C@H](NS(=O)(=O)c1ccc(C(C)(C)C)cc1)C(=O)NCCc1ccc(F)cc1. The number of hydrogen-bond acceptors (Lipinski definition) is 3. The Morgan fingerprint density at radius 2 is 1.61 bits per heavy atom. The molecule has 1 amide bonds. The average molecular weight is 407 g/mol. The molecule has 0 saturated carbocycles. The molecule has 0 fully saturated rings. The Hall–Kier alpha value is -2.25. The Balaban J connectivity index is 1.91. The summed E-state index contributed by atoms with van der Waals surface area (Å²) in [5.41, 5.74) is 1.83. The number of sulfonamides is 1. The Morgan fingerprint density at radius 1 is 1.04 bits per heavy atom. The Labute approximate surface area is 166 Å². The van der Waals surface area contributed by atoms with Crippen molar-refractivity contribution in [2.45, 2.75) is 50.5 Å². The molecule has 0 radical (unpaired) electrons. The largest absolute Gasteiger partial charge is 0.354 e. The van der Waals surface area contributed by atoms with Crippen LogP contribution in [0.2, 0.25) is 0 Å². The monoisotopic (exact) mass is 406 g/mol. The van der Waals surface area contributed by atoms with Crippen LogP contribution in [0.1, 0.15) is 38.8 Å². The van der Waals surface area contributed by atoms with Gasteiger partial charge < -0.3 is 5.32 Å². The van der Waals surface area contributed by atoms with Crippen molar-refractivity contribution in [2.24, 2.45) is 0 Å². The van der Waals surface area contributed by atoms with Crippen molar-refractivity contribution >= 4 is 15.9 Å². The van der Waals surface area contributed by atoms with Gasteiger partial charge in [-0.1, -0.05) is 45.0 Å². The lowest BCUT2D eigenvalue weighted by Crippen LogP contribution is -2.45. The van der Waals surface area contributed by atoms with E-state index in [1.807, 2.05) is 20.8 Å². The van der Waals surface area contributed by atoms with Gasteiger partial charge in [-0.15, -0.1) is 0 Å². The summed E-state index contributed by atoms with van der Waals surface area (Å²) in [7, 11) is -3.80. The molecule has 0 heterocycles.